The lowest BCUT2D eigenvalue weighted by molar-refractivity contribution is 0.479. The Morgan fingerprint density at radius 2 is 1.10 bits per heavy atom. The smallest absolute Gasteiger partial charge is 0.313 e. The minimum absolute atomic E-state index is 0. The van der Waals surface area contributed by atoms with Gasteiger partial charge in [0.1, 0.15) is 0 Å². The molecule has 3 rings (SSSR count). The van der Waals surface area contributed by atoms with E-state index in [2.05, 4.69) is 0 Å². The van der Waals surface area contributed by atoms with Crippen molar-refractivity contribution in [3.8, 4) is 0 Å². The zero-order valence-electron chi connectivity index (χ0n) is 10.4. The highest BCUT2D eigenvalue weighted by atomic mass is 31.2. The number of hydrogen-bond donors (Lipinski definition) is 1. The third kappa shape index (κ3) is 3.12. The number of anilines is 2. The van der Waals surface area contributed by atoms with E-state index in [0.717, 1.165) is 11.4 Å². The number of rotatable bonds is 2. The van der Waals surface area contributed by atoms with Gasteiger partial charge in [0.25, 0.3) is 0 Å². The van der Waals surface area contributed by atoms with Crippen LogP contribution in [0.25, 0.3) is 0 Å². The van der Waals surface area contributed by atoms with Crippen molar-refractivity contribution in [3.05, 3.63) is 60.7 Å². The summed E-state index contributed by atoms with van der Waals surface area (Å²) in [5.41, 5.74) is 1.57. The summed E-state index contributed by atoms with van der Waals surface area (Å²) in [4.78, 5) is 10.4. The van der Waals surface area contributed by atoms with Crippen molar-refractivity contribution in [3.63, 3.8) is 0 Å². The lowest BCUT2D eigenvalue weighted by Crippen LogP contribution is -2.17. The lowest BCUT2D eigenvalue weighted by atomic mass is 10.3. The molecule has 21 heavy (non-hydrogen) atoms. The molecule has 0 atom stereocenters. The van der Waals surface area contributed by atoms with Gasteiger partial charge in [-0.1, -0.05) is 51.3 Å². The summed E-state index contributed by atoms with van der Waals surface area (Å²) >= 11 is 0. The van der Waals surface area contributed by atoms with Gasteiger partial charge in [-0.05, 0) is 24.3 Å². The standard InChI is InChI=1S/C14H15N2O2P.2CH4/c17-19(18)15(13-7-3-1-4-8-13)11-12-16(19)14-9-5-2-6-10-14;;/h1-10H,11-12H2,(H,17,18);2*1H4. The second-order valence-electron chi connectivity index (χ2n) is 4.43. The average molecular weight is 306 g/mol. The van der Waals surface area contributed by atoms with Gasteiger partial charge in [-0.15, -0.1) is 0 Å². The quantitative estimate of drug-likeness (QED) is 0.836. The molecule has 1 aliphatic rings. The van der Waals surface area contributed by atoms with Crippen LogP contribution in [0.15, 0.2) is 60.7 Å². The van der Waals surface area contributed by atoms with Crippen LogP contribution in [0.3, 0.4) is 0 Å². The van der Waals surface area contributed by atoms with Crippen molar-refractivity contribution in [2.45, 2.75) is 14.9 Å². The maximum Gasteiger partial charge on any atom is 0.394 e. The molecule has 114 valence electrons. The van der Waals surface area contributed by atoms with E-state index in [1.165, 1.54) is 0 Å². The fraction of sp³-hybridized carbons (Fsp3) is 0.250. The van der Waals surface area contributed by atoms with Crippen LogP contribution in [-0.4, -0.2) is 18.0 Å². The highest BCUT2D eigenvalue weighted by molar-refractivity contribution is 7.61. The van der Waals surface area contributed by atoms with Gasteiger partial charge in [-0.3, -0.25) is 9.34 Å². The average Bonchev–Trinajstić information content (AvgIpc) is 2.76. The first-order chi connectivity index (χ1) is 9.19. The second-order valence-corrected chi connectivity index (χ2v) is 6.42. The summed E-state index contributed by atoms with van der Waals surface area (Å²) in [5, 5.41) is 0. The maximum atomic E-state index is 12.7. The molecular weight excluding hydrogens is 283 g/mol. The number of benzene rings is 2. The van der Waals surface area contributed by atoms with Crippen LogP contribution in [-0.2, 0) is 4.57 Å². The number of hydrogen-bond acceptors (Lipinski definition) is 1. The van der Waals surface area contributed by atoms with Crippen LogP contribution >= 0.6 is 7.67 Å². The first-order valence-electron chi connectivity index (χ1n) is 6.18. The van der Waals surface area contributed by atoms with E-state index < -0.39 is 7.67 Å². The summed E-state index contributed by atoms with van der Waals surface area (Å²) in [6.07, 6.45) is 0. The molecule has 1 heterocycles. The molecule has 0 unspecified atom stereocenters. The summed E-state index contributed by atoms with van der Waals surface area (Å²) < 4.78 is 15.9. The molecule has 2 aromatic carbocycles. The van der Waals surface area contributed by atoms with Gasteiger partial charge >= 0.3 is 7.67 Å². The van der Waals surface area contributed by atoms with Crippen LogP contribution < -0.4 is 9.34 Å². The van der Waals surface area contributed by atoms with E-state index in [-0.39, 0.29) is 14.9 Å². The first-order valence-corrected chi connectivity index (χ1v) is 7.75. The van der Waals surface area contributed by atoms with Gasteiger partial charge in [0.05, 0.1) is 0 Å². The van der Waals surface area contributed by atoms with Gasteiger partial charge in [-0.2, -0.15) is 0 Å². The van der Waals surface area contributed by atoms with E-state index in [1.807, 2.05) is 60.7 Å². The number of para-hydroxylation sites is 2. The topological polar surface area (TPSA) is 43.8 Å². The minimum Gasteiger partial charge on any atom is -0.313 e. The zero-order chi connectivity index (χ0) is 13.3. The van der Waals surface area contributed by atoms with E-state index in [1.54, 1.807) is 9.34 Å². The normalized spacial score (nSPS) is 16.0. The fourth-order valence-corrected chi connectivity index (χ4v) is 4.17. The molecule has 5 heteroatoms. The Morgan fingerprint density at radius 1 is 0.762 bits per heavy atom. The summed E-state index contributed by atoms with van der Waals surface area (Å²) in [5.74, 6) is 0. The molecule has 0 aromatic heterocycles. The van der Waals surface area contributed by atoms with Crippen molar-refractivity contribution in [2.24, 2.45) is 0 Å². The van der Waals surface area contributed by atoms with Crippen LogP contribution in [0.5, 0.6) is 0 Å². The third-order valence-corrected chi connectivity index (χ3v) is 5.38. The maximum absolute atomic E-state index is 12.7. The summed E-state index contributed by atoms with van der Waals surface area (Å²) in [6, 6.07) is 18.7. The third-order valence-electron chi connectivity index (χ3n) is 3.26. The monoisotopic (exact) mass is 306 g/mol. The van der Waals surface area contributed by atoms with Crippen LogP contribution in [0.4, 0.5) is 11.4 Å². The van der Waals surface area contributed by atoms with E-state index in [0.29, 0.717) is 13.1 Å². The highest BCUT2D eigenvalue weighted by Crippen LogP contribution is 2.56. The SMILES string of the molecule is C.C.O=P1(O)N(c2ccccc2)CCN1c1ccccc1. The van der Waals surface area contributed by atoms with Crippen LogP contribution in [0.1, 0.15) is 14.9 Å². The molecule has 0 radical (unpaired) electrons. The predicted molar refractivity (Wildman–Crippen MR) is 90.9 cm³/mol. The first kappa shape index (κ1) is 17.3. The van der Waals surface area contributed by atoms with Gasteiger partial charge in [0.2, 0.25) is 0 Å². The van der Waals surface area contributed by atoms with Gasteiger partial charge in [-0.25, -0.2) is 4.57 Å². The molecule has 1 saturated heterocycles. The van der Waals surface area contributed by atoms with E-state index >= 15 is 0 Å². The van der Waals surface area contributed by atoms with Gasteiger partial charge in [0.15, 0.2) is 0 Å². The largest absolute Gasteiger partial charge is 0.394 e. The molecule has 1 fully saturated rings. The molecule has 2 aromatic rings. The number of nitrogens with zero attached hydrogens (tertiary/aromatic N) is 2. The van der Waals surface area contributed by atoms with Gasteiger partial charge < -0.3 is 4.89 Å². The minimum atomic E-state index is -3.54. The van der Waals surface area contributed by atoms with Crippen molar-refractivity contribution in [1.29, 1.82) is 0 Å². The zero-order valence-corrected chi connectivity index (χ0v) is 11.3. The Morgan fingerprint density at radius 3 is 1.43 bits per heavy atom. The molecule has 4 nitrogen and oxygen atoms in total. The molecule has 0 aliphatic carbocycles. The Hall–Kier alpha value is -1.77. The molecule has 0 amide bonds. The van der Waals surface area contributed by atoms with E-state index in [4.69, 9.17) is 0 Å². The van der Waals surface area contributed by atoms with Crippen LogP contribution in [0, 0.1) is 0 Å². The molecule has 1 aliphatic heterocycles. The predicted octanol–water partition coefficient (Wildman–Crippen LogP) is 4.39. The molecule has 0 saturated carbocycles. The molecule has 0 bridgehead atoms. The Labute approximate surface area is 127 Å². The van der Waals surface area contributed by atoms with Crippen molar-refractivity contribution >= 4 is 19.0 Å². The van der Waals surface area contributed by atoms with Crippen molar-refractivity contribution in [1.82, 2.24) is 0 Å². The summed E-state index contributed by atoms with van der Waals surface area (Å²) in [6.45, 7) is 1.10. The second kappa shape index (κ2) is 6.79. The van der Waals surface area contributed by atoms with Crippen molar-refractivity contribution < 1.29 is 9.46 Å². The Kier molecular flexibility index (Phi) is 5.59. The van der Waals surface area contributed by atoms with Crippen molar-refractivity contribution in [2.75, 3.05) is 22.4 Å². The van der Waals surface area contributed by atoms with Gasteiger partial charge in [0, 0.05) is 24.5 Å². The molecular formula is C16H23N2O2P. The molecule has 1 N–H and O–H groups in total. The Bertz CT molecular complexity index is 553. The lowest BCUT2D eigenvalue weighted by Gasteiger charge is -2.27. The fourth-order valence-electron chi connectivity index (χ4n) is 2.34. The highest BCUT2D eigenvalue weighted by Gasteiger charge is 2.41. The molecule has 0 spiro atoms. The van der Waals surface area contributed by atoms with Crippen LogP contribution in [0.2, 0.25) is 0 Å². The summed E-state index contributed by atoms with van der Waals surface area (Å²) in [7, 11) is -3.54. The van der Waals surface area contributed by atoms with E-state index in [9.17, 15) is 9.46 Å². The Balaban J connectivity index is 0.00000110.